The molecule has 2 N–H and O–H groups in total. The average molecular weight is 293 g/mol. The summed E-state index contributed by atoms with van der Waals surface area (Å²) in [6.45, 7) is 1.93. The summed E-state index contributed by atoms with van der Waals surface area (Å²) in [6.07, 6.45) is 0. The Morgan fingerprint density at radius 3 is 2.70 bits per heavy atom. The van der Waals surface area contributed by atoms with Crippen LogP contribution in [0.25, 0.3) is 0 Å². The lowest BCUT2D eigenvalue weighted by atomic mass is 10.1. The van der Waals surface area contributed by atoms with E-state index >= 15 is 0 Å². The first-order valence-corrected chi connectivity index (χ1v) is 6.48. The molecule has 0 aliphatic carbocycles. The van der Waals surface area contributed by atoms with Gasteiger partial charge in [0.1, 0.15) is 5.82 Å². The second kappa shape index (κ2) is 6.39. The maximum atomic E-state index is 13.4. The predicted molar refractivity (Wildman–Crippen MR) is 78.4 cm³/mol. The van der Waals surface area contributed by atoms with Gasteiger partial charge in [-0.15, -0.1) is 0 Å². The minimum Gasteiger partial charge on any atom is -0.334 e. The summed E-state index contributed by atoms with van der Waals surface area (Å²) in [5, 5.41) is 5.74. The number of carbonyl (C=O) groups excluding carboxylic acids is 1. The highest BCUT2D eigenvalue weighted by Gasteiger charge is 2.05. The Hall–Kier alpha value is -2.07. The number of hydrogen-bond donors (Lipinski definition) is 2. The van der Waals surface area contributed by atoms with Gasteiger partial charge in [0.2, 0.25) is 0 Å². The van der Waals surface area contributed by atoms with Gasteiger partial charge in [0.25, 0.3) is 0 Å². The van der Waals surface area contributed by atoms with Crippen LogP contribution in [0.4, 0.5) is 14.9 Å². The van der Waals surface area contributed by atoms with E-state index in [0.29, 0.717) is 21.8 Å². The van der Waals surface area contributed by atoms with Crippen LogP contribution in [0.2, 0.25) is 5.02 Å². The number of hydrogen-bond acceptors (Lipinski definition) is 1. The third-order valence-corrected chi connectivity index (χ3v) is 3.14. The van der Waals surface area contributed by atoms with Crippen LogP contribution in [0.5, 0.6) is 0 Å². The molecule has 20 heavy (non-hydrogen) atoms. The summed E-state index contributed by atoms with van der Waals surface area (Å²) in [7, 11) is 0. The van der Waals surface area contributed by atoms with Crippen LogP contribution in [0.15, 0.2) is 42.5 Å². The molecule has 0 radical (unpaired) electrons. The van der Waals surface area contributed by atoms with E-state index in [0.717, 1.165) is 0 Å². The smallest absolute Gasteiger partial charge is 0.319 e. The molecule has 0 heterocycles. The van der Waals surface area contributed by atoms with E-state index in [1.54, 1.807) is 43.3 Å². The van der Waals surface area contributed by atoms with Crippen molar-refractivity contribution >= 4 is 23.3 Å². The van der Waals surface area contributed by atoms with Gasteiger partial charge in [-0.25, -0.2) is 9.18 Å². The van der Waals surface area contributed by atoms with Crippen molar-refractivity contribution in [3.05, 3.63) is 64.4 Å². The van der Waals surface area contributed by atoms with Gasteiger partial charge >= 0.3 is 6.03 Å². The Balaban J connectivity index is 1.92. The van der Waals surface area contributed by atoms with Crippen LogP contribution in [-0.2, 0) is 6.54 Å². The molecule has 0 aromatic heterocycles. The zero-order valence-electron chi connectivity index (χ0n) is 10.9. The van der Waals surface area contributed by atoms with Gasteiger partial charge in [0.15, 0.2) is 0 Å². The van der Waals surface area contributed by atoms with Crippen LogP contribution >= 0.6 is 11.6 Å². The lowest BCUT2D eigenvalue weighted by molar-refractivity contribution is 0.251. The molecule has 0 atom stereocenters. The Bertz CT molecular complexity index is 631. The highest BCUT2D eigenvalue weighted by molar-refractivity contribution is 6.33. The summed E-state index contributed by atoms with van der Waals surface area (Å²) in [5.41, 5.74) is 1.80. The predicted octanol–water partition coefficient (Wildman–Crippen LogP) is 4.11. The fourth-order valence-electron chi connectivity index (χ4n) is 1.66. The molecule has 104 valence electrons. The highest BCUT2D eigenvalue weighted by atomic mass is 35.5. The Morgan fingerprint density at radius 2 is 2.00 bits per heavy atom. The van der Waals surface area contributed by atoms with Gasteiger partial charge in [0, 0.05) is 6.54 Å². The third kappa shape index (κ3) is 3.71. The van der Waals surface area contributed by atoms with E-state index in [1.807, 2.05) is 0 Å². The van der Waals surface area contributed by atoms with Crippen molar-refractivity contribution in [3.8, 4) is 0 Å². The molecule has 5 heteroatoms. The number of benzene rings is 2. The van der Waals surface area contributed by atoms with E-state index in [4.69, 9.17) is 11.6 Å². The van der Waals surface area contributed by atoms with E-state index in [9.17, 15) is 9.18 Å². The number of para-hydroxylation sites is 1. The fourth-order valence-corrected chi connectivity index (χ4v) is 1.84. The minimum absolute atomic E-state index is 0.244. The average Bonchev–Trinajstić information content (AvgIpc) is 2.43. The normalized spacial score (nSPS) is 10.2. The number of anilines is 1. The number of carbonyl (C=O) groups is 1. The van der Waals surface area contributed by atoms with E-state index in [2.05, 4.69) is 10.6 Å². The maximum Gasteiger partial charge on any atom is 0.319 e. The first-order valence-electron chi connectivity index (χ1n) is 6.10. The van der Waals surface area contributed by atoms with Crippen LogP contribution in [0.1, 0.15) is 11.1 Å². The van der Waals surface area contributed by atoms with E-state index < -0.39 is 0 Å². The SMILES string of the molecule is Cc1ccc(CNC(=O)Nc2ccccc2Cl)cc1F. The monoisotopic (exact) mass is 292 g/mol. The number of nitrogens with one attached hydrogen (secondary N) is 2. The molecule has 2 rings (SSSR count). The number of rotatable bonds is 3. The summed E-state index contributed by atoms with van der Waals surface area (Å²) in [6, 6.07) is 11.4. The molecule has 2 amide bonds. The Morgan fingerprint density at radius 1 is 1.25 bits per heavy atom. The van der Waals surface area contributed by atoms with Crippen LogP contribution < -0.4 is 10.6 Å². The third-order valence-electron chi connectivity index (χ3n) is 2.81. The molecule has 3 nitrogen and oxygen atoms in total. The molecule has 0 saturated carbocycles. The molecule has 0 aliphatic heterocycles. The highest BCUT2D eigenvalue weighted by Crippen LogP contribution is 2.20. The minimum atomic E-state index is -0.390. The van der Waals surface area contributed by atoms with Crippen molar-refractivity contribution in [1.82, 2.24) is 5.32 Å². The van der Waals surface area contributed by atoms with Crippen molar-refractivity contribution in [1.29, 1.82) is 0 Å². The lowest BCUT2D eigenvalue weighted by Crippen LogP contribution is -2.28. The molecular weight excluding hydrogens is 279 g/mol. The molecule has 0 aliphatic rings. The van der Waals surface area contributed by atoms with Gasteiger partial charge in [0.05, 0.1) is 10.7 Å². The zero-order chi connectivity index (χ0) is 14.5. The maximum absolute atomic E-state index is 13.4. The zero-order valence-corrected chi connectivity index (χ0v) is 11.7. The molecule has 0 unspecified atom stereocenters. The second-order valence-electron chi connectivity index (χ2n) is 4.37. The van der Waals surface area contributed by atoms with Crippen molar-refractivity contribution in [2.45, 2.75) is 13.5 Å². The van der Waals surface area contributed by atoms with Crippen LogP contribution in [0.3, 0.4) is 0 Å². The number of amides is 2. The number of aryl methyl sites for hydroxylation is 1. The fraction of sp³-hybridized carbons (Fsp3) is 0.133. The van der Waals surface area contributed by atoms with Crippen molar-refractivity contribution in [2.24, 2.45) is 0 Å². The van der Waals surface area contributed by atoms with Crippen molar-refractivity contribution < 1.29 is 9.18 Å². The molecule has 0 spiro atoms. The summed E-state index contributed by atoms with van der Waals surface area (Å²) in [4.78, 5) is 11.7. The molecule has 0 saturated heterocycles. The van der Waals surface area contributed by atoms with E-state index in [1.165, 1.54) is 6.07 Å². The van der Waals surface area contributed by atoms with Gasteiger partial charge < -0.3 is 10.6 Å². The van der Waals surface area contributed by atoms with Gasteiger partial charge in [-0.3, -0.25) is 0 Å². The van der Waals surface area contributed by atoms with Crippen molar-refractivity contribution in [2.75, 3.05) is 5.32 Å². The van der Waals surface area contributed by atoms with Gasteiger partial charge in [-0.05, 0) is 36.2 Å². The molecule has 0 bridgehead atoms. The summed E-state index contributed by atoms with van der Waals surface area (Å²) < 4.78 is 13.4. The quantitative estimate of drug-likeness (QED) is 0.878. The first-order chi connectivity index (χ1) is 9.56. The van der Waals surface area contributed by atoms with Gasteiger partial charge in [-0.2, -0.15) is 0 Å². The largest absolute Gasteiger partial charge is 0.334 e. The van der Waals surface area contributed by atoms with E-state index in [-0.39, 0.29) is 18.4 Å². The molecular formula is C15H14ClFN2O. The Labute approximate surface area is 121 Å². The second-order valence-corrected chi connectivity index (χ2v) is 4.78. The molecule has 2 aromatic rings. The van der Waals surface area contributed by atoms with Crippen LogP contribution in [-0.4, -0.2) is 6.03 Å². The van der Waals surface area contributed by atoms with Gasteiger partial charge in [-0.1, -0.05) is 35.9 Å². The standard InChI is InChI=1S/C15H14ClFN2O/c1-10-6-7-11(8-13(10)17)9-18-15(20)19-14-5-3-2-4-12(14)16/h2-8H,9H2,1H3,(H2,18,19,20). The number of urea groups is 1. The topological polar surface area (TPSA) is 41.1 Å². The summed E-state index contributed by atoms with van der Waals surface area (Å²) >= 11 is 5.93. The molecule has 0 fully saturated rings. The molecule has 2 aromatic carbocycles. The first kappa shape index (κ1) is 14.3. The Kier molecular flexibility index (Phi) is 4.58. The lowest BCUT2D eigenvalue weighted by Gasteiger charge is -2.09. The van der Waals surface area contributed by atoms with Crippen LogP contribution in [0, 0.1) is 12.7 Å². The summed E-state index contributed by atoms with van der Waals surface area (Å²) in [5.74, 6) is -0.282. The van der Waals surface area contributed by atoms with Crippen molar-refractivity contribution in [3.63, 3.8) is 0 Å². The number of halogens is 2.